The standard InChI is InChI=1S/C15H17Cl2N3O3/c1-19(7-9-2-3-11(16)12(17)6-9)14(22)10-8-20(5-4-18)15(23)13(10)21/h2-3,6,8,21,23H,4-5,7,18H2,1H3. The van der Waals surface area contributed by atoms with E-state index in [1.165, 1.54) is 15.7 Å². The number of carbonyl (C=O) groups is 1. The summed E-state index contributed by atoms with van der Waals surface area (Å²) in [5.74, 6) is -1.26. The summed E-state index contributed by atoms with van der Waals surface area (Å²) in [5.41, 5.74) is 6.23. The lowest BCUT2D eigenvalue weighted by Crippen LogP contribution is -2.26. The summed E-state index contributed by atoms with van der Waals surface area (Å²) in [6, 6.07) is 5.08. The first kappa shape index (κ1) is 17.5. The second kappa shape index (κ2) is 7.12. The lowest BCUT2D eigenvalue weighted by atomic mass is 10.2. The highest BCUT2D eigenvalue weighted by Gasteiger charge is 2.22. The SMILES string of the molecule is CN(Cc1ccc(Cl)c(Cl)c1)C(=O)c1cn(CCN)c(O)c1O. The van der Waals surface area contributed by atoms with E-state index >= 15 is 0 Å². The molecule has 2 rings (SSSR count). The molecule has 6 nitrogen and oxygen atoms in total. The Labute approximate surface area is 143 Å². The number of nitrogens with two attached hydrogens (primary N) is 1. The van der Waals surface area contributed by atoms with Gasteiger partial charge in [-0.3, -0.25) is 4.79 Å². The van der Waals surface area contributed by atoms with Crippen molar-refractivity contribution in [2.24, 2.45) is 5.73 Å². The second-order valence-corrected chi connectivity index (χ2v) is 5.92. The Morgan fingerprint density at radius 3 is 2.61 bits per heavy atom. The number of hydrogen-bond donors (Lipinski definition) is 3. The fourth-order valence-corrected chi connectivity index (χ4v) is 2.51. The van der Waals surface area contributed by atoms with Gasteiger partial charge >= 0.3 is 0 Å². The molecule has 0 saturated carbocycles. The van der Waals surface area contributed by atoms with Crippen molar-refractivity contribution in [2.45, 2.75) is 13.1 Å². The molecule has 0 fully saturated rings. The molecule has 124 valence electrons. The van der Waals surface area contributed by atoms with Crippen molar-refractivity contribution in [3.05, 3.63) is 45.6 Å². The van der Waals surface area contributed by atoms with Crippen molar-refractivity contribution in [1.82, 2.24) is 9.47 Å². The quantitative estimate of drug-likeness (QED) is 0.766. The molecule has 0 unspecified atom stereocenters. The van der Waals surface area contributed by atoms with Gasteiger partial charge in [0.25, 0.3) is 5.91 Å². The Morgan fingerprint density at radius 1 is 1.30 bits per heavy atom. The van der Waals surface area contributed by atoms with Crippen LogP contribution in [0.25, 0.3) is 0 Å². The van der Waals surface area contributed by atoms with Crippen molar-refractivity contribution in [1.29, 1.82) is 0 Å². The monoisotopic (exact) mass is 357 g/mol. The van der Waals surface area contributed by atoms with Gasteiger partial charge in [0.15, 0.2) is 5.75 Å². The number of amides is 1. The molecule has 0 aliphatic rings. The van der Waals surface area contributed by atoms with Gasteiger partial charge in [0.05, 0.1) is 10.0 Å². The molecule has 1 aromatic heterocycles. The van der Waals surface area contributed by atoms with Gasteiger partial charge < -0.3 is 25.4 Å². The van der Waals surface area contributed by atoms with E-state index in [1.54, 1.807) is 25.2 Å². The van der Waals surface area contributed by atoms with Crippen LogP contribution in [-0.2, 0) is 13.1 Å². The Morgan fingerprint density at radius 2 is 2.00 bits per heavy atom. The Hall–Kier alpha value is -1.89. The van der Waals surface area contributed by atoms with Crippen LogP contribution in [0.1, 0.15) is 15.9 Å². The molecular formula is C15H17Cl2N3O3. The molecule has 2 aromatic rings. The zero-order valence-electron chi connectivity index (χ0n) is 12.5. The summed E-state index contributed by atoms with van der Waals surface area (Å²) in [4.78, 5) is 13.8. The maximum absolute atomic E-state index is 12.4. The molecule has 0 saturated heterocycles. The van der Waals surface area contributed by atoms with Crippen LogP contribution in [0.15, 0.2) is 24.4 Å². The van der Waals surface area contributed by atoms with Crippen LogP contribution in [0.5, 0.6) is 11.6 Å². The molecule has 0 radical (unpaired) electrons. The van der Waals surface area contributed by atoms with Crippen molar-refractivity contribution >= 4 is 29.1 Å². The van der Waals surface area contributed by atoms with Gasteiger partial charge in [-0.15, -0.1) is 0 Å². The zero-order chi connectivity index (χ0) is 17.1. The minimum atomic E-state index is -0.454. The molecule has 8 heteroatoms. The molecule has 0 aliphatic carbocycles. The Balaban J connectivity index is 2.19. The van der Waals surface area contributed by atoms with E-state index in [9.17, 15) is 15.0 Å². The van der Waals surface area contributed by atoms with Crippen LogP contribution in [0, 0.1) is 0 Å². The van der Waals surface area contributed by atoms with Crippen molar-refractivity contribution < 1.29 is 15.0 Å². The molecular weight excluding hydrogens is 341 g/mol. The number of aromatic hydroxyl groups is 2. The average molecular weight is 358 g/mol. The fraction of sp³-hybridized carbons (Fsp3) is 0.267. The first-order valence-electron chi connectivity index (χ1n) is 6.85. The maximum atomic E-state index is 12.4. The van der Waals surface area contributed by atoms with Gasteiger partial charge in [0.2, 0.25) is 5.88 Å². The van der Waals surface area contributed by atoms with E-state index < -0.39 is 11.7 Å². The summed E-state index contributed by atoms with van der Waals surface area (Å²) in [6.45, 7) is 0.843. The third-order valence-corrected chi connectivity index (χ3v) is 4.11. The fourth-order valence-electron chi connectivity index (χ4n) is 2.19. The van der Waals surface area contributed by atoms with Crippen molar-refractivity contribution in [3.8, 4) is 11.6 Å². The number of benzene rings is 1. The van der Waals surface area contributed by atoms with E-state index in [2.05, 4.69) is 0 Å². The second-order valence-electron chi connectivity index (χ2n) is 5.11. The number of hydrogen-bond acceptors (Lipinski definition) is 4. The Bertz CT molecular complexity index is 731. The highest BCUT2D eigenvalue weighted by Crippen LogP contribution is 2.32. The highest BCUT2D eigenvalue weighted by atomic mass is 35.5. The summed E-state index contributed by atoms with van der Waals surface area (Å²) in [7, 11) is 1.58. The third kappa shape index (κ3) is 3.72. The van der Waals surface area contributed by atoms with E-state index in [4.69, 9.17) is 28.9 Å². The van der Waals surface area contributed by atoms with Crippen LogP contribution in [0.4, 0.5) is 0 Å². The van der Waals surface area contributed by atoms with E-state index in [1.807, 2.05) is 0 Å². The van der Waals surface area contributed by atoms with Gasteiger partial charge in [-0.2, -0.15) is 0 Å². The first-order valence-corrected chi connectivity index (χ1v) is 7.61. The van der Waals surface area contributed by atoms with Gasteiger partial charge in [0.1, 0.15) is 5.56 Å². The molecule has 1 aromatic carbocycles. The summed E-state index contributed by atoms with van der Waals surface area (Å²) < 4.78 is 1.33. The maximum Gasteiger partial charge on any atom is 0.259 e. The number of carbonyl (C=O) groups excluding carboxylic acids is 1. The zero-order valence-corrected chi connectivity index (χ0v) is 14.0. The molecule has 0 bridgehead atoms. The first-order chi connectivity index (χ1) is 10.8. The lowest BCUT2D eigenvalue weighted by Gasteiger charge is -2.17. The highest BCUT2D eigenvalue weighted by molar-refractivity contribution is 6.42. The van der Waals surface area contributed by atoms with Crippen LogP contribution >= 0.6 is 23.2 Å². The van der Waals surface area contributed by atoms with Crippen LogP contribution in [-0.4, -0.2) is 39.2 Å². The van der Waals surface area contributed by atoms with E-state index in [0.29, 0.717) is 16.6 Å². The van der Waals surface area contributed by atoms with Gasteiger partial charge in [-0.25, -0.2) is 0 Å². The van der Waals surface area contributed by atoms with Crippen LogP contribution in [0.3, 0.4) is 0 Å². The van der Waals surface area contributed by atoms with Gasteiger partial charge in [0, 0.05) is 32.9 Å². The number of nitrogens with zero attached hydrogens (tertiary/aromatic N) is 2. The number of rotatable bonds is 5. The van der Waals surface area contributed by atoms with E-state index in [0.717, 1.165) is 5.56 Å². The Kier molecular flexibility index (Phi) is 5.41. The van der Waals surface area contributed by atoms with Gasteiger partial charge in [-0.1, -0.05) is 29.3 Å². The predicted octanol–water partition coefficient (Wildman–Crippen LogP) is 2.44. The lowest BCUT2D eigenvalue weighted by molar-refractivity contribution is 0.0782. The smallest absolute Gasteiger partial charge is 0.259 e. The van der Waals surface area contributed by atoms with Crippen molar-refractivity contribution in [3.63, 3.8) is 0 Å². The molecule has 0 spiro atoms. The van der Waals surface area contributed by atoms with Crippen LogP contribution < -0.4 is 5.73 Å². The number of halogens is 2. The summed E-state index contributed by atoms with van der Waals surface area (Å²) in [6.07, 6.45) is 1.38. The minimum absolute atomic E-state index is 0.0125. The molecule has 1 heterocycles. The average Bonchev–Trinajstić information content (AvgIpc) is 2.79. The van der Waals surface area contributed by atoms with Crippen molar-refractivity contribution in [2.75, 3.05) is 13.6 Å². The minimum Gasteiger partial charge on any atom is -0.503 e. The predicted molar refractivity (Wildman–Crippen MR) is 89.1 cm³/mol. The summed E-state index contributed by atoms with van der Waals surface area (Å²) >= 11 is 11.8. The van der Waals surface area contributed by atoms with Gasteiger partial charge in [-0.05, 0) is 17.7 Å². The summed E-state index contributed by atoms with van der Waals surface area (Å²) in [5, 5.41) is 20.5. The topological polar surface area (TPSA) is 91.7 Å². The molecule has 23 heavy (non-hydrogen) atoms. The molecule has 0 aliphatic heterocycles. The van der Waals surface area contributed by atoms with E-state index in [-0.39, 0.29) is 24.5 Å². The molecule has 4 N–H and O–H groups in total. The molecule has 1 amide bonds. The third-order valence-electron chi connectivity index (χ3n) is 3.37. The largest absolute Gasteiger partial charge is 0.503 e. The van der Waals surface area contributed by atoms with Crippen LogP contribution in [0.2, 0.25) is 10.0 Å². The normalized spacial score (nSPS) is 10.8. The molecule has 0 atom stereocenters. The number of aromatic nitrogens is 1.